The molecule has 1 aliphatic rings. The lowest BCUT2D eigenvalue weighted by Crippen LogP contribution is -2.39. The summed E-state index contributed by atoms with van der Waals surface area (Å²) in [7, 11) is 0. The van der Waals surface area contributed by atoms with Crippen LogP contribution in [0.3, 0.4) is 0 Å². The Morgan fingerprint density at radius 2 is 2.05 bits per heavy atom. The van der Waals surface area contributed by atoms with Crippen LogP contribution >= 0.6 is 11.6 Å². The quantitative estimate of drug-likeness (QED) is 0.844. The van der Waals surface area contributed by atoms with Crippen molar-refractivity contribution in [3.8, 4) is 0 Å². The maximum absolute atomic E-state index is 9.31. The molecule has 5 heteroatoms. The molecule has 0 radical (unpaired) electrons. The van der Waals surface area contributed by atoms with Gasteiger partial charge in [0, 0.05) is 25.1 Å². The van der Waals surface area contributed by atoms with Crippen molar-refractivity contribution >= 4 is 17.4 Å². The molecule has 1 aromatic heterocycles. The third-order valence-corrected chi connectivity index (χ3v) is 3.89. The molecular formula is C14H22ClN3O. The number of hydrogen-bond acceptors (Lipinski definition) is 4. The van der Waals surface area contributed by atoms with E-state index in [2.05, 4.69) is 14.9 Å². The minimum atomic E-state index is 0.138. The molecule has 1 heterocycles. The molecule has 0 saturated heterocycles. The van der Waals surface area contributed by atoms with Gasteiger partial charge in [-0.1, -0.05) is 37.8 Å². The summed E-state index contributed by atoms with van der Waals surface area (Å²) in [6, 6.07) is 2.28. The second kappa shape index (κ2) is 7.06. The van der Waals surface area contributed by atoms with Gasteiger partial charge in [-0.15, -0.1) is 0 Å². The van der Waals surface area contributed by atoms with Crippen molar-refractivity contribution in [3.05, 3.63) is 17.0 Å². The molecular weight excluding hydrogens is 262 g/mol. The molecule has 1 fully saturated rings. The van der Waals surface area contributed by atoms with Crippen LogP contribution in [0.25, 0.3) is 0 Å². The largest absolute Gasteiger partial charge is 0.395 e. The SMILES string of the molecule is CCc1nc(Cl)cc(N(CCO)C2CCCCC2)n1. The van der Waals surface area contributed by atoms with E-state index in [0.717, 1.165) is 18.1 Å². The summed E-state index contributed by atoms with van der Waals surface area (Å²) < 4.78 is 0. The minimum absolute atomic E-state index is 0.138. The zero-order valence-electron chi connectivity index (χ0n) is 11.5. The highest BCUT2D eigenvalue weighted by Crippen LogP contribution is 2.27. The molecule has 0 spiro atoms. The van der Waals surface area contributed by atoms with Gasteiger partial charge in [0.05, 0.1) is 6.61 Å². The lowest BCUT2D eigenvalue weighted by molar-refractivity contribution is 0.289. The molecule has 0 amide bonds. The molecule has 19 heavy (non-hydrogen) atoms. The van der Waals surface area contributed by atoms with Crippen LogP contribution in [0.15, 0.2) is 6.07 Å². The Morgan fingerprint density at radius 1 is 1.32 bits per heavy atom. The van der Waals surface area contributed by atoms with Gasteiger partial charge in [-0.2, -0.15) is 0 Å². The third kappa shape index (κ3) is 3.80. The molecule has 0 aliphatic heterocycles. The Labute approximate surface area is 119 Å². The molecule has 4 nitrogen and oxygen atoms in total. The summed E-state index contributed by atoms with van der Waals surface area (Å²) in [5, 5.41) is 9.79. The van der Waals surface area contributed by atoms with Crippen molar-refractivity contribution < 1.29 is 5.11 Å². The van der Waals surface area contributed by atoms with E-state index in [1.165, 1.54) is 32.1 Å². The van der Waals surface area contributed by atoms with Crippen molar-refractivity contribution in [3.63, 3.8) is 0 Å². The minimum Gasteiger partial charge on any atom is -0.395 e. The van der Waals surface area contributed by atoms with Crippen molar-refractivity contribution in [1.29, 1.82) is 0 Å². The normalized spacial score (nSPS) is 16.6. The molecule has 1 aliphatic carbocycles. The number of aryl methyl sites for hydroxylation is 1. The van der Waals surface area contributed by atoms with Gasteiger partial charge in [0.2, 0.25) is 0 Å². The number of aliphatic hydroxyl groups is 1. The van der Waals surface area contributed by atoms with Crippen LogP contribution in [0, 0.1) is 0 Å². The fourth-order valence-corrected chi connectivity index (χ4v) is 2.94. The molecule has 0 bridgehead atoms. The average Bonchev–Trinajstić information content (AvgIpc) is 2.45. The number of aromatic nitrogens is 2. The molecule has 1 saturated carbocycles. The fourth-order valence-electron chi connectivity index (χ4n) is 2.74. The fraction of sp³-hybridized carbons (Fsp3) is 0.714. The standard InChI is InChI=1S/C14H22ClN3O/c1-2-13-16-12(15)10-14(17-13)18(8-9-19)11-6-4-3-5-7-11/h10-11,19H,2-9H2,1H3. The highest BCUT2D eigenvalue weighted by molar-refractivity contribution is 6.29. The first-order chi connectivity index (χ1) is 9.24. The smallest absolute Gasteiger partial charge is 0.134 e. The predicted molar refractivity (Wildman–Crippen MR) is 77.7 cm³/mol. The van der Waals surface area contributed by atoms with Gasteiger partial charge >= 0.3 is 0 Å². The van der Waals surface area contributed by atoms with Crippen molar-refractivity contribution in [2.45, 2.75) is 51.5 Å². The lowest BCUT2D eigenvalue weighted by Gasteiger charge is -2.35. The Kier molecular flexibility index (Phi) is 5.40. The summed E-state index contributed by atoms with van der Waals surface area (Å²) in [4.78, 5) is 11.0. The number of aliphatic hydroxyl groups excluding tert-OH is 1. The van der Waals surface area contributed by atoms with E-state index in [1.807, 2.05) is 13.0 Å². The number of rotatable bonds is 5. The average molecular weight is 284 g/mol. The molecule has 0 aromatic carbocycles. The van der Waals surface area contributed by atoms with Crippen LogP contribution in [0.2, 0.25) is 5.15 Å². The molecule has 2 rings (SSSR count). The summed E-state index contributed by atoms with van der Waals surface area (Å²) >= 11 is 6.07. The van der Waals surface area contributed by atoms with Crippen LogP contribution in [-0.4, -0.2) is 34.3 Å². The first-order valence-electron chi connectivity index (χ1n) is 7.15. The van der Waals surface area contributed by atoms with Crippen LogP contribution in [0.4, 0.5) is 5.82 Å². The number of nitrogens with zero attached hydrogens (tertiary/aromatic N) is 3. The zero-order valence-corrected chi connectivity index (χ0v) is 12.2. The van der Waals surface area contributed by atoms with E-state index < -0.39 is 0 Å². The van der Waals surface area contributed by atoms with E-state index in [4.69, 9.17) is 11.6 Å². The third-order valence-electron chi connectivity index (χ3n) is 3.69. The van der Waals surface area contributed by atoms with Crippen molar-refractivity contribution in [2.24, 2.45) is 0 Å². The second-order valence-corrected chi connectivity index (χ2v) is 5.41. The summed E-state index contributed by atoms with van der Waals surface area (Å²) in [6.07, 6.45) is 6.93. The first kappa shape index (κ1) is 14.5. The Morgan fingerprint density at radius 3 is 2.68 bits per heavy atom. The monoisotopic (exact) mass is 283 g/mol. The summed E-state index contributed by atoms with van der Waals surface area (Å²) in [5.41, 5.74) is 0. The van der Waals surface area contributed by atoms with Gasteiger partial charge in [0.15, 0.2) is 0 Å². The van der Waals surface area contributed by atoms with E-state index in [1.54, 1.807) is 0 Å². The molecule has 106 valence electrons. The van der Waals surface area contributed by atoms with Gasteiger partial charge in [0.1, 0.15) is 16.8 Å². The highest BCUT2D eigenvalue weighted by Gasteiger charge is 2.22. The maximum Gasteiger partial charge on any atom is 0.134 e. The number of halogens is 1. The van der Waals surface area contributed by atoms with Crippen LogP contribution in [-0.2, 0) is 6.42 Å². The molecule has 1 N–H and O–H groups in total. The Balaban J connectivity index is 2.24. The molecule has 0 unspecified atom stereocenters. The van der Waals surface area contributed by atoms with Gasteiger partial charge in [-0.25, -0.2) is 9.97 Å². The van der Waals surface area contributed by atoms with Crippen molar-refractivity contribution in [1.82, 2.24) is 9.97 Å². The Hall–Kier alpha value is -0.870. The Bertz CT molecular complexity index is 408. The maximum atomic E-state index is 9.31. The number of anilines is 1. The van der Waals surface area contributed by atoms with Crippen LogP contribution in [0.5, 0.6) is 0 Å². The van der Waals surface area contributed by atoms with Gasteiger partial charge in [-0.3, -0.25) is 0 Å². The first-order valence-corrected chi connectivity index (χ1v) is 7.53. The lowest BCUT2D eigenvalue weighted by atomic mass is 9.94. The topological polar surface area (TPSA) is 49.2 Å². The molecule has 1 aromatic rings. The van der Waals surface area contributed by atoms with Crippen LogP contribution in [0.1, 0.15) is 44.9 Å². The van der Waals surface area contributed by atoms with E-state index >= 15 is 0 Å². The van der Waals surface area contributed by atoms with E-state index in [0.29, 0.717) is 17.7 Å². The summed E-state index contributed by atoms with van der Waals surface area (Å²) in [5.74, 6) is 1.62. The van der Waals surface area contributed by atoms with Crippen LogP contribution < -0.4 is 4.90 Å². The second-order valence-electron chi connectivity index (χ2n) is 5.03. The zero-order chi connectivity index (χ0) is 13.7. The van der Waals surface area contributed by atoms with Gasteiger partial charge in [0.25, 0.3) is 0 Å². The van der Waals surface area contributed by atoms with Crippen molar-refractivity contribution in [2.75, 3.05) is 18.1 Å². The van der Waals surface area contributed by atoms with E-state index in [9.17, 15) is 5.11 Å². The van der Waals surface area contributed by atoms with Gasteiger partial charge in [-0.05, 0) is 12.8 Å². The van der Waals surface area contributed by atoms with E-state index in [-0.39, 0.29) is 6.61 Å². The highest BCUT2D eigenvalue weighted by atomic mass is 35.5. The number of hydrogen-bond donors (Lipinski definition) is 1. The predicted octanol–water partition coefficient (Wildman–Crippen LogP) is 2.82. The van der Waals surface area contributed by atoms with Gasteiger partial charge < -0.3 is 10.0 Å². The summed E-state index contributed by atoms with van der Waals surface area (Å²) in [6.45, 7) is 2.77. The molecule has 0 atom stereocenters.